The second-order valence-electron chi connectivity index (χ2n) is 4.56. The van der Waals surface area contributed by atoms with E-state index < -0.39 is 0 Å². The molecule has 0 atom stereocenters. The summed E-state index contributed by atoms with van der Waals surface area (Å²) in [6, 6.07) is 6.50. The van der Waals surface area contributed by atoms with Crippen LogP contribution in [0.1, 0.15) is 44.6 Å². The lowest BCUT2D eigenvalue weighted by Gasteiger charge is -2.34. The molecular weight excluding hydrogens is 210 g/mol. The van der Waals surface area contributed by atoms with Crippen LogP contribution in [0.15, 0.2) is 18.3 Å². The molecule has 0 aromatic carbocycles. The summed E-state index contributed by atoms with van der Waals surface area (Å²) in [6.45, 7) is 3.07. The molecule has 1 heterocycles. The number of nitriles is 1. The minimum atomic E-state index is 0.566. The van der Waals surface area contributed by atoms with Crippen LogP contribution in [0, 0.1) is 11.3 Å². The highest BCUT2D eigenvalue weighted by Gasteiger charge is 2.22. The Balaban J connectivity index is 2.25. The summed E-state index contributed by atoms with van der Waals surface area (Å²) in [5, 5.41) is 9.14. The second-order valence-corrected chi connectivity index (χ2v) is 4.56. The van der Waals surface area contributed by atoms with Crippen LogP contribution >= 0.6 is 0 Å². The Morgan fingerprint density at radius 3 is 2.82 bits per heavy atom. The fourth-order valence-corrected chi connectivity index (χ4v) is 2.69. The van der Waals surface area contributed by atoms with Gasteiger partial charge in [-0.05, 0) is 31.9 Å². The highest BCUT2D eigenvalue weighted by molar-refractivity contribution is 5.54. The van der Waals surface area contributed by atoms with Crippen LogP contribution in [0.4, 0.5) is 5.82 Å². The summed E-state index contributed by atoms with van der Waals surface area (Å²) in [4.78, 5) is 6.70. The fraction of sp³-hybridized carbons (Fsp3) is 0.571. The molecule has 0 bridgehead atoms. The first-order chi connectivity index (χ1) is 8.36. The Hall–Kier alpha value is -1.56. The first-order valence-corrected chi connectivity index (χ1v) is 6.48. The largest absolute Gasteiger partial charge is 0.353 e. The molecule has 1 aromatic rings. The zero-order valence-corrected chi connectivity index (χ0v) is 10.4. The number of pyridine rings is 1. The Kier molecular flexibility index (Phi) is 3.98. The Bertz CT molecular complexity index is 402. The highest BCUT2D eigenvalue weighted by atomic mass is 15.2. The van der Waals surface area contributed by atoms with Crippen molar-refractivity contribution in [2.75, 3.05) is 11.4 Å². The lowest BCUT2D eigenvalue weighted by molar-refractivity contribution is 0.416. The molecular formula is C14H19N3. The maximum absolute atomic E-state index is 9.14. The summed E-state index contributed by atoms with van der Waals surface area (Å²) in [5.74, 6) is 0.865. The summed E-state index contributed by atoms with van der Waals surface area (Å²) in [7, 11) is 0. The maximum atomic E-state index is 9.14. The number of rotatable bonds is 3. The molecule has 17 heavy (non-hydrogen) atoms. The highest BCUT2D eigenvalue weighted by Crippen LogP contribution is 2.27. The first kappa shape index (κ1) is 11.9. The molecule has 3 heteroatoms. The lowest BCUT2D eigenvalue weighted by atomic mass is 9.94. The second kappa shape index (κ2) is 5.67. The number of aromatic nitrogens is 1. The van der Waals surface area contributed by atoms with E-state index in [1.165, 1.54) is 32.1 Å². The van der Waals surface area contributed by atoms with Crippen LogP contribution in [0.5, 0.6) is 0 Å². The van der Waals surface area contributed by atoms with Gasteiger partial charge in [-0.3, -0.25) is 0 Å². The lowest BCUT2D eigenvalue weighted by Crippen LogP contribution is -2.37. The van der Waals surface area contributed by atoms with Crippen molar-refractivity contribution >= 4 is 5.82 Å². The Morgan fingerprint density at radius 1 is 1.41 bits per heavy atom. The quantitative estimate of drug-likeness (QED) is 0.799. The molecule has 3 nitrogen and oxygen atoms in total. The van der Waals surface area contributed by atoms with Crippen molar-refractivity contribution in [1.82, 2.24) is 4.98 Å². The molecule has 2 rings (SSSR count). The third kappa shape index (κ3) is 2.58. The van der Waals surface area contributed by atoms with Gasteiger partial charge >= 0.3 is 0 Å². The maximum Gasteiger partial charge on any atom is 0.146 e. The van der Waals surface area contributed by atoms with Crippen molar-refractivity contribution < 1.29 is 0 Å². The molecule has 1 aliphatic carbocycles. The van der Waals surface area contributed by atoms with Gasteiger partial charge < -0.3 is 4.90 Å². The van der Waals surface area contributed by atoms with Crippen LogP contribution < -0.4 is 4.90 Å². The van der Waals surface area contributed by atoms with Gasteiger partial charge in [-0.15, -0.1) is 0 Å². The van der Waals surface area contributed by atoms with Gasteiger partial charge in [-0.25, -0.2) is 4.98 Å². The number of nitrogens with zero attached hydrogens (tertiary/aromatic N) is 3. The number of hydrogen-bond acceptors (Lipinski definition) is 3. The molecule has 1 aliphatic rings. The fourth-order valence-electron chi connectivity index (χ4n) is 2.69. The van der Waals surface area contributed by atoms with Crippen molar-refractivity contribution in [2.45, 2.75) is 45.1 Å². The van der Waals surface area contributed by atoms with Crippen LogP contribution in [0.2, 0.25) is 0 Å². The summed E-state index contributed by atoms with van der Waals surface area (Å²) in [5.41, 5.74) is 0.694. The normalized spacial score (nSPS) is 16.5. The summed E-state index contributed by atoms with van der Waals surface area (Å²) in [6.07, 6.45) is 8.19. The van der Waals surface area contributed by atoms with Gasteiger partial charge in [-0.1, -0.05) is 19.3 Å². The van der Waals surface area contributed by atoms with Gasteiger partial charge in [0, 0.05) is 18.8 Å². The van der Waals surface area contributed by atoms with Crippen LogP contribution in [0.25, 0.3) is 0 Å². The van der Waals surface area contributed by atoms with E-state index in [2.05, 4.69) is 22.9 Å². The van der Waals surface area contributed by atoms with Crippen molar-refractivity contribution in [3.63, 3.8) is 0 Å². The molecule has 1 aromatic heterocycles. The van der Waals surface area contributed by atoms with Gasteiger partial charge in [0.25, 0.3) is 0 Å². The predicted octanol–water partition coefficient (Wildman–Crippen LogP) is 3.11. The molecule has 90 valence electrons. The van der Waals surface area contributed by atoms with Crippen LogP contribution in [0.3, 0.4) is 0 Å². The molecule has 0 radical (unpaired) electrons. The van der Waals surface area contributed by atoms with E-state index >= 15 is 0 Å². The molecule has 1 saturated carbocycles. The minimum absolute atomic E-state index is 0.566. The molecule has 0 amide bonds. The van der Waals surface area contributed by atoms with Crippen LogP contribution in [-0.2, 0) is 0 Å². The van der Waals surface area contributed by atoms with E-state index in [-0.39, 0.29) is 0 Å². The molecule has 0 unspecified atom stereocenters. The average Bonchev–Trinajstić information content (AvgIpc) is 2.41. The van der Waals surface area contributed by atoms with Crippen molar-refractivity contribution in [3.05, 3.63) is 23.9 Å². The van der Waals surface area contributed by atoms with Gasteiger partial charge in [0.05, 0.1) is 5.56 Å². The van der Waals surface area contributed by atoms with Crippen molar-refractivity contribution in [2.24, 2.45) is 0 Å². The third-order valence-electron chi connectivity index (χ3n) is 3.54. The zero-order chi connectivity index (χ0) is 12.1. The van der Waals surface area contributed by atoms with Gasteiger partial charge in [-0.2, -0.15) is 5.26 Å². The average molecular weight is 229 g/mol. The summed E-state index contributed by atoms with van der Waals surface area (Å²) >= 11 is 0. The monoisotopic (exact) mass is 229 g/mol. The molecule has 0 spiro atoms. The SMILES string of the molecule is CCN(c1ncccc1C#N)C1CCCCC1. The molecule has 0 aliphatic heterocycles. The van der Waals surface area contributed by atoms with Crippen molar-refractivity contribution in [3.8, 4) is 6.07 Å². The smallest absolute Gasteiger partial charge is 0.146 e. The Labute approximate surface area is 103 Å². The van der Waals surface area contributed by atoms with E-state index in [1.807, 2.05) is 12.1 Å². The van der Waals surface area contributed by atoms with E-state index in [9.17, 15) is 0 Å². The first-order valence-electron chi connectivity index (χ1n) is 6.48. The van der Waals surface area contributed by atoms with E-state index in [4.69, 9.17) is 5.26 Å². The van der Waals surface area contributed by atoms with Gasteiger partial charge in [0.15, 0.2) is 0 Å². The van der Waals surface area contributed by atoms with E-state index in [0.29, 0.717) is 11.6 Å². The number of hydrogen-bond donors (Lipinski definition) is 0. The topological polar surface area (TPSA) is 39.9 Å². The van der Waals surface area contributed by atoms with Gasteiger partial charge in [0.1, 0.15) is 11.9 Å². The van der Waals surface area contributed by atoms with E-state index in [1.54, 1.807) is 6.20 Å². The number of anilines is 1. The standard InChI is InChI=1S/C14H19N3/c1-2-17(13-8-4-3-5-9-13)14-12(11-15)7-6-10-16-14/h6-7,10,13H,2-5,8-9H2,1H3. The third-order valence-corrected chi connectivity index (χ3v) is 3.54. The van der Waals surface area contributed by atoms with Crippen LogP contribution in [-0.4, -0.2) is 17.6 Å². The van der Waals surface area contributed by atoms with E-state index in [0.717, 1.165) is 12.4 Å². The predicted molar refractivity (Wildman–Crippen MR) is 68.8 cm³/mol. The van der Waals surface area contributed by atoms with Gasteiger partial charge in [0.2, 0.25) is 0 Å². The molecule has 1 fully saturated rings. The molecule has 0 N–H and O–H groups in total. The Morgan fingerprint density at radius 2 is 2.18 bits per heavy atom. The zero-order valence-electron chi connectivity index (χ0n) is 10.4. The molecule has 0 saturated heterocycles. The van der Waals surface area contributed by atoms with Crippen molar-refractivity contribution in [1.29, 1.82) is 5.26 Å². The summed E-state index contributed by atoms with van der Waals surface area (Å²) < 4.78 is 0. The minimum Gasteiger partial charge on any atom is -0.353 e.